The molecule has 0 aliphatic rings. The van der Waals surface area contributed by atoms with E-state index in [-0.39, 0.29) is 12.0 Å². The van der Waals surface area contributed by atoms with Crippen LogP contribution in [-0.4, -0.2) is 26.2 Å². The third kappa shape index (κ3) is 8.38. The second kappa shape index (κ2) is 13.1. The van der Waals surface area contributed by atoms with Crippen LogP contribution in [-0.2, 0) is 16.0 Å². The molecule has 1 rings (SSSR count). The van der Waals surface area contributed by atoms with Gasteiger partial charge in [0.1, 0.15) is 6.04 Å². The van der Waals surface area contributed by atoms with Gasteiger partial charge in [0.25, 0.3) is 0 Å². The maximum Gasteiger partial charge on any atom is 0.323 e. The Morgan fingerprint density at radius 1 is 1.16 bits per heavy atom. The van der Waals surface area contributed by atoms with Gasteiger partial charge >= 0.3 is 5.97 Å². The van der Waals surface area contributed by atoms with E-state index in [1.807, 2.05) is 58.9 Å². The molecule has 1 N–H and O–H groups in total. The van der Waals surface area contributed by atoms with E-state index >= 15 is 0 Å². The summed E-state index contributed by atoms with van der Waals surface area (Å²) < 4.78 is 4.70. The third-order valence-corrected chi connectivity index (χ3v) is 2.39. The number of likely N-dealkylation sites (N-methyl/N-ethyl adjacent to an activating group) is 1. The summed E-state index contributed by atoms with van der Waals surface area (Å²) in [6, 6.07) is 7.88. The number of hydrogen-bond acceptors (Lipinski definition) is 3. The van der Waals surface area contributed by atoms with Gasteiger partial charge in [0.05, 0.1) is 7.11 Å². The summed E-state index contributed by atoms with van der Waals surface area (Å²) in [7, 11) is 3.16. The van der Waals surface area contributed by atoms with Crippen molar-refractivity contribution in [2.75, 3.05) is 14.2 Å². The van der Waals surface area contributed by atoms with Crippen LogP contribution in [0.25, 0.3) is 0 Å². The first kappa shape index (κ1) is 20.0. The lowest BCUT2D eigenvalue weighted by Gasteiger charge is -2.13. The summed E-state index contributed by atoms with van der Waals surface area (Å²) in [5.74, 6) is -0.224. The topological polar surface area (TPSA) is 38.3 Å². The lowest BCUT2D eigenvalue weighted by Crippen LogP contribution is -2.36. The van der Waals surface area contributed by atoms with E-state index < -0.39 is 0 Å². The quantitative estimate of drug-likeness (QED) is 0.850. The molecule has 0 bridgehead atoms. The minimum Gasteiger partial charge on any atom is -0.468 e. The van der Waals surface area contributed by atoms with Crippen LogP contribution in [0.3, 0.4) is 0 Å². The van der Waals surface area contributed by atoms with E-state index in [9.17, 15) is 4.79 Å². The number of carbonyl (C=O) groups is 1. The van der Waals surface area contributed by atoms with Gasteiger partial charge in [-0.25, -0.2) is 0 Å². The van der Waals surface area contributed by atoms with Crippen molar-refractivity contribution in [2.24, 2.45) is 0 Å². The van der Waals surface area contributed by atoms with Crippen LogP contribution in [0.15, 0.2) is 24.3 Å². The Labute approximate surface area is 118 Å². The summed E-state index contributed by atoms with van der Waals surface area (Å²) in [6.07, 6.45) is 0.656. The SMILES string of the molecule is CC.CC.CNC(Cc1ccc(C)cc1)C(=O)OC. The van der Waals surface area contributed by atoms with Crippen molar-refractivity contribution in [3.8, 4) is 0 Å². The molecule has 3 nitrogen and oxygen atoms in total. The normalized spacial score (nSPS) is 10.3. The molecule has 1 atom stereocenters. The van der Waals surface area contributed by atoms with Gasteiger partial charge in [-0.2, -0.15) is 0 Å². The Morgan fingerprint density at radius 2 is 1.63 bits per heavy atom. The minimum atomic E-state index is -0.266. The molecule has 19 heavy (non-hydrogen) atoms. The first-order valence-electron chi connectivity index (χ1n) is 6.98. The Bertz CT molecular complexity index is 320. The van der Waals surface area contributed by atoms with Gasteiger partial charge in [-0.15, -0.1) is 0 Å². The van der Waals surface area contributed by atoms with Gasteiger partial charge in [-0.05, 0) is 26.0 Å². The summed E-state index contributed by atoms with van der Waals surface area (Å²) >= 11 is 0. The zero-order valence-electron chi connectivity index (χ0n) is 13.4. The number of aryl methyl sites for hydroxylation is 1. The lowest BCUT2D eigenvalue weighted by molar-refractivity contribution is -0.142. The molecule has 0 aromatic heterocycles. The van der Waals surface area contributed by atoms with Crippen molar-refractivity contribution >= 4 is 5.97 Å². The van der Waals surface area contributed by atoms with Crippen molar-refractivity contribution in [3.63, 3.8) is 0 Å². The number of esters is 1. The average molecular weight is 267 g/mol. The van der Waals surface area contributed by atoms with Crippen molar-refractivity contribution in [1.82, 2.24) is 5.32 Å². The average Bonchev–Trinajstić information content (AvgIpc) is 2.50. The van der Waals surface area contributed by atoms with E-state index in [0.717, 1.165) is 5.56 Å². The fourth-order valence-corrected chi connectivity index (χ4v) is 1.41. The van der Waals surface area contributed by atoms with Crippen LogP contribution in [0.4, 0.5) is 0 Å². The summed E-state index contributed by atoms with van der Waals surface area (Å²) in [4.78, 5) is 11.3. The molecule has 1 unspecified atom stereocenters. The molecule has 0 fully saturated rings. The molecule has 0 amide bonds. The highest BCUT2D eigenvalue weighted by Gasteiger charge is 2.16. The maximum absolute atomic E-state index is 11.3. The van der Waals surface area contributed by atoms with Gasteiger partial charge in [0.2, 0.25) is 0 Å². The smallest absolute Gasteiger partial charge is 0.323 e. The largest absolute Gasteiger partial charge is 0.468 e. The van der Waals surface area contributed by atoms with Crippen molar-refractivity contribution in [3.05, 3.63) is 35.4 Å². The first-order chi connectivity index (χ1) is 9.17. The molecule has 0 aliphatic heterocycles. The van der Waals surface area contributed by atoms with Crippen LogP contribution < -0.4 is 5.32 Å². The maximum atomic E-state index is 11.3. The van der Waals surface area contributed by atoms with E-state index in [4.69, 9.17) is 4.74 Å². The number of methoxy groups -OCH3 is 1. The van der Waals surface area contributed by atoms with Crippen LogP contribution in [0, 0.1) is 6.92 Å². The molecule has 0 spiro atoms. The Kier molecular flexibility index (Phi) is 13.8. The molecule has 1 aromatic rings. The minimum absolute atomic E-state index is 0.224. The molecule has 110 valence electrons. The van der Waals surface area contributed by atoms with Crippen LogP contribution >= 0.6 is 0 Å². The molecular formula is C16H29NO2. The number of nitrogens with one attached hydrogen (secondary N) is 1. The highest BCUT2D eigenvalue weighted by atomic mass is 16.5. The Hall–Kier alpha value is -1.35. The summed E-state index contributed by atoms with van der Waals surface area (Å²) in [6.45, 7) is 10.0. The molecule has 0 saturated heterocycles. The number of rotatable bonds is 4. The van der Waals surface area contributed by atoms with Gasteiger partial charge in [-0.1, -0.05) is 57.5 Å². The predicted molar refractivity (Wildman–Crippen MR) is 82.4 cm³/mol. The van der Waals surface area contributed by atoms with E-state index in [0.29, 0.717) is 6.42 Å². The second-order valence-corrected chi connectivity index (χ2v) is 3.55. The van der Waals surface area contributed by atoms with Gasteiger partial charge in [-0.3, -0.25) is 4.79 Å². The first-order valence-corrected chi connectivity index (χ1v) is 6.98. The highest BCUT2D eigenvalue weighted by molar-refractivity contribution is 5.76. The number of ether oxygens (including phenoxy) is 1. The lowest BCUT2D eigenvalue weighted by atomic mass is 10.0. The van der Waals surface area contributed by atoms with Crippen molar-refractivity contribution in [1.29, 1.82) is 0 Å². The molecule has 3 heteroatoms. The van der Waals surface area contributed by atoms with E-state index in [1.54, 1.807) is 7.05 Å². The monoisotopic (exact) mass is 267 g/mol. The van der Waals surface area contributed by atoms with Crippen molar-refractivity contribution < 1.29 is 9.53 Å². The van der Waals surface area contributed by atoms with E-state index in [1.165, 1.54) is 12.7 Å². The zero-order valence-corrected chi connectivity index (χ0v) is 13.4. The number of benzene rings is 1. The fourth-order valence-electron chi connectivity index (χ4n) is 1.41. The number of hydrogen-bond donors (Lipinski definition) is 1. The van der Waals surface area contributed by atoms with Gasteiger partial charge < -0.3 is 10.1 Å². The molecule has 0 aliphatic carbocycles. The molecular weight excluding hydrogens is 238 g/mol. The van der Waals surface area contributed by atoms with Crippen molar-refractivity contribution in [2.45, 2.75) is 47.1 Å². The zero-order chi connectivity index (χ0) is 15.3. The van der Waals surface area contributed by atoms with Crippen LogP contribution in [0.1, 0.15) is 38.8 Å². The molecule has 0 heterocycles. The standard InChI is InChI=1S/C12H17NO2.2C2H6/c1-9-4-6-10(7-5-9)8-11(13-2)12(14)15-3;2*1-2/h4-7,11,13H,8H2,1-3H3;2*1-2H3. The van der Waals surface area contributed by atoms with Gasteiger partial charge in [0, 0.05) is 0 Å². The third-order valence-electron chi connectivity index (χ3n) is 2.39. The molecule has 0 radical (unpaired) electrons. The summed E-state index contributed by atoms with van der Waals surface area (Å²) in [5.41, 5.74) is 2.35. The second-order valence-electron chi connectivity index (χ2n) is 3.55. The number of carbonyl (C=O) groups excluding carboxylic acids is 1. The van der Waals surface area contributed by atoms with E-state index in [2.05, 4.69) is 5.32 Å². The summed E-state index contributed by atoms with van der Waals surface area (Å²) in [5, 5.41) is 2.94. The highest BCUT2D eigenvalue weighted by Crippen LogP contribution is 2.06. The molecule has 1 aromatic carbocycles. The Balaban J connectivity index is 0. The van der Waals surface area contributed by atoms with Gasteiger partial charge in [0.15, 0.2) is 0 Å². The van der Waals surface area contributed by atoms with Crippen LogP contribution in [0.2, 0.25) is 0 Å². The van der Waals surface area contributed by atoms with Crippen LogP contribution in [0.5, 0.6) is 0 Å². The predicted octanol–water partition coefficient (Wildman–Crippen LogP) is 3.35. The fraction of sp³-hybridized carbons (Fsp3) is 0.562. The molecule has 0 saturated carbocycles. The Morgan fingerprint density at radius 3 is 2.00 bits per heavy atom.